The minimum Gasteiger partial charge on any atom is -0.382 e. The van der Waals surface area contributed by atoms with E-state index < -0.39 is 0 Å². The summed E-state index contributed by atoms with van der Waals surface area (Å²) < 4.78 is 0. The highest BCUT2D eigenvalue weighted by Crippen LogP contribution is 2.24. The average molecular weight is 382 g/mol. The standard InChI is InChI=1S/C18H16ClN7O/c1-22-18(27)11-7-10-3-2-4-13(19)15(10)26-14(11)5-6-23-17-12(8-20)16(21)24-9-25-17/h2-4,7,9H,5-6H2,1H3,(H,22,27)(H3,21,23,24,25). The molecule has 27 heavy (non-hydrogen) atoms. The van der Waals surface area contributed by atoms with Gasteiger partial charge >= 0.3 is 0 Å². The fourth-order valence-electron chi connectivity index (χ4n) is 2.67. The Hall–Kier alpha value is -3.44. The molecule has 0 saturated carbocycles. The van der Waals surface area contributed by atoms with Crippen LogP contribution < -0.4 is 16.4 Å². The lowest BCUT2D eigenvalue weighted by molar-refractivity contribution is 0.0962. The van der Waals surface area contributed by atoms with E-state index in [4.69, 9.17) is 17.3 Å². The van der Waals surface area contributed by atoms with E-state index in [1.807, 2.05) is 18.2 Å². The Morgan fingerprint density at radius 3 is 2.93 bits per heavy atom. The molecule has 0 radical (unpaired) electrons. The van der Waals surface area contributed by atoms with Crippen molar-refractivity contribution in [1.29, 1.82) is 5.26 Å². The number of aromatic nitrogens is 3. The van der Waals surface area contributed by atoms with Gasteiger partial charge in [0.05, 0.1) is 21.8 Å². The lowest BCUT2D eigenvalue weighted by atomic mass is 10.1. The van der Waals surface area contributed by atoms with E-state index in [0.29, 0.717) is 40.6 Å². The predicted molar refractivity (Wildman–Crippen MR) is 103 cm³/mol. The number of hydrogen-bond acceptors (Lipinski definition) is 7. The second-order valence-corrected chi connectivity index (χ2v) is 6.05. The first-order valence-electron chi connectivity index (χ1n) is 8.09. The Kier molecular flexibility index (Phi) is 5.33. The normalized spacial score (nSPS) is 10.4. The smallest absolute Gasteiger partial charge is 0.252 e. The van der Waals surface area contributed by atoms with E-state index in [0.717, 1.165) is 5.39 Å². The lowest BCUT2D eigenvalue weighted by Crippen LogP contribution is -2.21. The van der Waals surface area contributed by atoms with Gasteiger partial charge in [0.1, 0.15) is 29.6 Å². The van der Waals surface area contributed by atoms with Crippen molar-refractivity contribution in [1.82, 2.24) is 20.3 Å². The summed E-state index contributed by atoms with van der Waals surface area (Å²) in [5.41, 5.74) is 7.55. The molecular weight excluding hydrogens is 366 g/mol. The van der Waals surface area contributed by atoms with E-state index >= 15 is 0 Å². The molecule has 0 aliphatic rings. The van der Waals surface area contributed by atoms with Crippen molar-refractivity contribution in [2.75, 3.05) is 24.6 Å². The van der Waals surface area contributed by atoms with E-state index in [1.54, 1.807) is 19.2 Å². The molecule has 2 aromatic heterocycles. The number of anilines is 2. The number of benzene rings is 1. The summed E-state index contributed by atoms with van der Waals surface area (Å²) in [6.45, 7) is 0.387. The second kappa shape index (κ2) is 7.85. The van der Waals surface area contributed by atoms with Gasteiger partial charge < -0.3 is 16.4 Å². The van der Waals surface area contributed by atoms with E-state index in [2.05, 4.69) is 25.6 Å². The van der Waals surface area contributed by atoms with Crippen molar-refractivity contribution in [3.05, 3.63) is 52.4 Å². The van der Waals surface area contributed by atoms with Crippen LogP contribution in [0.1, 0.15) is 21.6 Å². The third-order valence-electron chi connectivity index (χ3n) is 3.99. The number of carbonyl (C=O) groups is 1. The van der Waals surface area contributed by atoms with Gasteiger partial charge in [0.2, 0.25) is 0 Å². The molecule has 0 fully saturated rings. The van der Waals surface area contributed by atoms with Gasteiger partial charge in [-0.15, -0.1) is 0 Å². The van der Waals surface area contributed by atoms with Crippen molar-refractivity contribution in [3.8, 4) is 6.07 Å². The minimum atomic E-state index is -0.233. The molecule has 3 aromatic rings. The molecule has 0 aliphatic carbocycles. The van der Waals surface area contributed by atoms with Gasteiger partial charge in [-0.2, -0.15) is 5.26 Å². The number of fused-ring (bicyclic) bond motifs is 1. The molecule has 8 nitrogen and oxygen atoms in total. The number of carbonyl (C=O) groups excluding carboxylic acids is 1. The lowest BCUT2D eigenvalue weighted by Gasteiger charge is -2.12. The molecule has 0 unspecified atom stereocenters. The summed E-state index contributed by atoms with van der Waals surface area (Å²) >= 11 is 6.24. The summed E-state index contributed by atoms with van der Waals surface area (Å²) in [4.78, 5) is 24.7. The number of halogens is 1. The predicted octanol–water partition coefficient (Wildman–Crippen LogP) is 2.15. The Bertz CT molecular complexity index is 1060. The van der Waals surface area contributed by atoms with Gasteiger partial charge in [-0.3, -0.25) is 9.78 Å². The topological polar surface area (TPSA) is 130 Å². The van der Waals surface area contributed by atoms with Gasteiger partial charge in [0.25, 0.3) is 5.91 Å². The Labute approximate surface area is 160 Å². The fraction of sp³-hybridized carbons (Fsp3) is 0.167. The molecule has 2 heterocycles. The van der Waals surface area contributed by atoms with Gasteiger partial charge in [0.15, 0.2) is 0 Å². The van der Waals surface area contributed by atoms with Crippen LogP contribution >= 0.6 is 11.6 Å². The highest BCUT2D eigenvalue weighted by molar-refractivity contribution is 6.35. The van der Waals surface area contributed by atoms with Crippen LogP contribution in [0, 0.1) is 11.3 Å². The van der Waals surface area contributed by atoms with Crippen LogP contribution in [0.5, 0.6) is 0 Å². The van der Waals surface area contributed by atoms with E-state index in [1.165, 1.54) is 6.33 Å². The van der Waals surface area contributed by atoms with Crippen molar-refractivity contribution in [2.45, 2.75) is 6.42 Å². The number of nitriles is 1. The Morgan fingerprint density at radius 1 is 1.37 bits per heavy atom. The number of pyridine rings is 1. The fourth-order valence-corrected chi connectivity index (χ4v) is 2.89. The third-order valence-corrected chi connectivity index (χ3v) is 4.29. The highest BCUT2D eigenvalue weighted by atomic mass is 35.5. The molecule has 0 spiro atoms. The number of amides is 1. The van der Waals surface area contributed by atoms with Crippen molar-refractivity contribution in [3.63, 3.8) is 0 Å². The molecule has 0 saturated heterocycles. The first kappa shape index (κ1) is 18.4. The minimum absolute atomic E-state index is 0.108. The zero-order chi connectivity index (χ0) is 19.4. The first-order chi connectivity index (χ1) is 13.0. The van der Waals surface area contributed by atoms with Crippen LogP contribution in [0.2, 0.25) is 5.02 Å². The van der Waals surface area contributed by atoms with Gasteiger partial charge in [-0.25, -0.2) is 9.97 Å². The molecule has 0 bridgehead atoms. The SMILES string of the molecule is CNC(=O)c1cc2cccc(Cl)c2nc1CCNc1ncnc(N)c1C#N. The van der Waals surface area contributed by atoms with Crippen molar-refractivity contribution in [2.24, 2.45) is 0 Å². The van der Waals surface area contributed by atoms with Gasteiger partial charge in [0, 0.05) is 25.4 Å². The number of nitrogen functional groups attached to an aromatic ring is 1. The molecule has 1 amide bonds. The summed E-state index contributed by atoms with van der Waals surface area (Å²) in [5, 5.41) is 16.1. The summed E-state index contributed by atoms with van der Waals surface area (Å²) in [5.74, 6) is 0.213. The van der Waals surface area contributed by atoms with Gasteiger partial charge in [-0.1, -0.05) is 23.7 Å². The average Bonchev–Trinajstić information content (AvgIpc) is 2.67. The maximum absolute atomic E-state index is 12.3. The molecule has 1 aromatic carbocycles. The van der Waals surface area contributed by atoms with Gasteiger partial charge in [-0.05, 0) is 12.1 Å². The molecule has 3 rings (SSSR count). The van der Waals surface area contributed by atoms with Crippen LogP contribution in [-0.2, 0) is 6.42 Å². The summed E-state index contributed by atoms with van der Waals surface area (Å²) in [6.07, 6.45) is 1.70. The van der Waals surface area contributed by atoms with E-state index in [-0.39, 0.29) is 17.3 Å². The largest absolute Gasteiger partial charge is 0.382 e. The zero-order valence-electron chi connectivity index (χ0n) is 14.5. The van der Waals surface area contributed by atoms with Crippen LogP contribution in [0.25, 0.3) is 10.9 Å². The number of hydrogen-bond donors (Lipinski definition) is 3. The zero-order valence-corrected chi connectivity index (χ0v) is 15.2. The quantitative estimate of drug-likeness (QED) is 0.617. The Balaban J connectivity index is 1.90. The number of nitrogens with two attached hydrogens (primary N) is 1. The molecular formula is C18H16ClN7O. The molecule has 4 N–H and O–H groups in total. The highest BCUT2D eigenvalue weighted by Gasteiger charge is 2.15. The second-order valence-electron chi connectivity index (χ2n) is 5.64. The van der Waals surface area contributed by atoms with Crippen LogP contribution in [-0.4, -0.2) is 34.5 Å². The van der Waals surface area contributed by atoms with E-state index in [9.17, 15) is 10.1 Å². The van der Waals surface area contributed by atoms with Crippen molar-refractivity contribution >= 4 is 40.0 Å². The third kappa shape index (κ3) is 3.73. The molecule has 0 atom stereocenters. The monoisotopic (exact) mass is 381 g/mol. The van der Waals surface area contributed by atoms with Crippen molar-refractivity contribution < 1.29 is 4.79 Å². The molecule has 9 heteroatoms. The number of para-hydroxylation sites is 1. The summed E-state index contributed by atoms with van der Waals surface area (Å²) in [7, 11) is 1.56. The number of nitrogens with zero attached hydrogens (tertiary/aromatic N) is 4. The molecule has 136 valence electrons. The maximum Gasteiger partial charge on any atom is 0.252 e. The Morgan fingerprint density at radius 2 is 2.19 bits per heavy atom. The summed E-state index contributed by atoms with van der Waals surface area (Å²) in [6, 6.07) is 9.16. The number of nitrogens with one attached hydrogen (secondary N) is 2. The number of rotatable bonds is 5. The first-order valence-corrected chi connectivity index (χ1v) is 8.47. The molecule has 0 aliphatic heterocycles. The van der Waals surface area contributed by atoms with Crippen LogP contribution in [0.3, 0.4) is 0 Å². The van der Waals surface area contributed by atoms with Crippen LogP contribution in [0.4, 0.5) is 11.6 Å². The van der Waals surface area contributed by atoms with Crippen LogP contribution in [0.15, 0.2) is 30.6 Å². The maximum atomic E-state index is 12.3.